The molecule has 0 unspecified atom stereocenters. The van der Waals surface area contributed by atoms with Gasteiger partial charge < -0.3 is 9.84 Å². The van der Waals surface area contributed by atoms with E-state index >= 15 is 0 Å². The van der Waals surface area contributed by atoms with Crippen LogP contribution in [0.3, 0.4) is 0 Å². The molecule has 1 aliphatic rings. The Morgan fingerprint density at radius 1 is 1.42 bits per heavy atom. The third kappa shape index (κ3) is 0.958. The van der Waals surface area contributed by atoms with Gasteiger partial charge in [-0.05, 0) is 19.4 Å². The maximum atomic E-state index is 9.79. The quantitative estimate of drug-likeness (QED) is 0.635. The van der Waals surface area contributed by atoms with Gasteiger partial charge in [0.05, 0.1) is 6.10 Å². The highest BCUT2D eigenvalue weighted by molar-refractivity contribution is 5.35. The molecule has 1 heterocycles. The molecular formula is C10H12O2. The van der Waals surface area contributed by atoms with E-state index < -0.39 is 5.79 Å². The predicted molar refractivity (Wildman–Crippen MR) is 45.5 cm³/mol. The van der Waals surface area contributed by atoms with Crippen molar-refractivity contribution in [2.75, 3.05) is 0 Å². The van der Waals surface area contributed by atoms with E-state index in [1.807, 2.05) is 31.2 Å². The van der Waals surface area contributed by atoms with Crippen LogP contribution in [0.5, 0.6) is 0 Å². The summed E-state index contributed by atoms with van der Waals surface area (Å²) in [5, 5.41) is 9.79. The molecule has 0 radical (unpaired) electrons. The van der Waals surface area contributed by atoms with Crippen molar-refractivity contribution in [1.29, 1.82) is 0 Å². The van der Waals surface area contributed by atoms with Crippen molar-refractivity contribution in [3.05, 3.63) is 35.4 Å². The van der Waals surface area contributed by atoms with Crippen LogP contribution in [0.4, 0.5) is 0 Å². The summed E-state index contributed by atoms with van der Waals surface area (Å²) in [5.74, 6) is -1.10. The molecule has 2 nitrogen and oxygen atoms in total. The van der Waals surface area contributed by atoms with E-state index in [1.165, 1.54) is 0 Å². The first-order valence-electron chi connectivity index (χ1n) is 4.11. The van der Waals surface area contributed by atoms with Crippen LogP contribution >= 0.6 is 0 Å². The Bertz CT molecular complexity index is 304. The summed E-state index contributed by atoms with van der Waals surface area (Å²) >= 11 is 0. The van der Waals surface area contributed by atoms with Gasteiger partial charge in [-0.3, -0.25) is 0 Å². The number of benzene rings is 1. The lowest BCUT2D eigenvalue weighted by molar-refractivity contribution is -0.205. The minimum Gasteiger partial charge on any atom is -0.362 e. The van der Waals surface area contributed by atoms with Gasteiger partial charge in [0, 0.05) is 5.56 Å². The highest BCUT2D eigenvalue weighted by Gasteiger charge is 2.36. The minimum atomic E-state index is -1.10. The number of aliphatic hydroxyl groups is 1. The predicted octanol–water partition coefficient (Wildman–Crippen LogP) is 1.94. The monoisotopic (exact) mass is 164 g/mol. The molecule has 64 valence electrons. The zero-order valence-electron chi connectivity index (χ0n) is 7.24. The van der Waals surface area contributed by atoms with Gasteiger partial charge in [0.2, 0.25) is 0 Å². The normalized spacial score (nSPS) is 33.4. The Balaban J connectivity index is 2.58. The van der Waals surface area contributed by atoms with E-state index in [1.54, 1.807) is 6.92 Å². The van der Waals surface area contributed by atoms with E-state index in [0.29, 0.717) is 0 Å². The maximum Gasteiger partial charge on any atom is 0.190 e. The van der Waals surface area contributed by atoms with Crippen molar-refractivity contribution in [3.8, 4) is 0 Å². The third-order valence-electron chi connectivity index (χ3n) is 2.30. The molecule has 1 aromatic rings. The second kappa shape index (κ2) is 2.31. The summed E-state index contributed by atoms with van der Waals surface area (Å²) < 4.78 is 5.37. The first-order valence-corrected chi connectivity index (χ1v) is 4.11. The van der Waals surface area contributed by atoms with Crippen LogP contribution < -0.4 is 0 Å². The van der Waals surface area contributed by atoms with Gasteiger partial charge in [-0.1, -0.05) is 24.3 Å². The Morgan fingerprint density at radius 3 is 2.75 bits per heavy atom. The van der Waals surface area contributed by atoms with Crippen LogP contribution in [0.1, 0.15) is 31.1 Å². The smallest absolute Gasteiger partial charge is 0.190 e. The lowest BCUT2D eigenvalue weighted by Gasteiger charge is -2.17. The van der Waals surface area contributed by atoms with Crippen LogP contribution in [-0.2, 0) is 10.5 Å². The minimum absolute atomic E-state index is 0.00352. The summed E-state index contributed by atoms with van der Waals surface area (Å²) in [6.45, 7) is 3.62. The molecule has 12 heavy (non-hydrogen) atoms. The van der Waals surface area contributed by atoms with Crippen LogP contribution in [0, 0.1) is 0 Å². The molecular weight excluding hydrogens is 152 g/mol. The van der Waals surface area contributed by atoms with Crippen LogP contribution in [0.15, 0.2) is 24.3 Å². The molecule has 0 aromatic heterocycles. The van der Waals surface area contributed by atoms with Crippen molar-refractivity contribution < 1.29 is 9.84 Å². The van der Waals surface area contributed by atoms with E-state index in [9.17, 15) is 5.11 Å². The van der Waals surface area contributed by atoms with Gasteiger partial charge in [-0.25, -0.2) is 0 Å². The van der Waals surface area contributed by atoms with E-state index in [4.69, 9.17) is 4.74 Å². The zero-order chi connectivity index (χ0) is 8.77. The number of rotatable bonds is 0. The molecule has 2 rings (SSSR count). The summed E-state index contributed by atoms with van der Waals surface area (Å²) in [7, 11) is 0. The van der Waals surface area contributed by atoms with Crippen molar-refractivity contribution in [2.45, 2.75) is 25.7 Å². The van der Waals surface area contributed by atoms with Crippen LogP contribution in [-0.4, -0.2) is 5.11 Å². The molecule has 2 heteroatoms. The van der Waals surface area contributed by atoms with Gasteiger partial charge in [0.25, 0.3) is 0 Å². The molecule has 0 bridgehead atoms. The van der Waals surface area contributed by atoms with Crippen molar-refractivity contribution >= 4 is 0 Å². The third-order valence-corrected chi connectivity index (χ3v) is 2.30. The molecule has 1 aliphatic heterocycles. The molecule has 1 aromatic carbocycles. The first-order chi connectivity index (χ1) is 5.61. The fraction of sp³-hybridized carbons (Fsp3) is 0.400. The average Bonchev–Trinajstić information content (AvgIpc) is 2.25. The molecule has 0 saturated heterocycles. The first kappa shape index (κ1) is 7.77. The second-order valence-electron chi connectivity index (χ2n) is 3.33. The van der Waals surface area contributed by atoms with Crippen LogP contribution in [0.2, 0.25) is 0 Å². The van der Waals surface area contributed by atoms with Gasteiger partial charge in [-0.15, -0.1) is 0 Å². The molecule has 0 fully saturated rings. The van der Waals surface area contributed by atoms with Gasteiger partial charge in [0.1, 0.15) is 0 Å². The molecule has 0 amide bonds. The molecule has 0 spiro atoms. The van der Waals surface area contributed by atoms with E-state index in [0.717, 1.165) is 11.1 Å². The van der Waals surface area contributed by atoms with Crippen molar-refractivity contribution in [1.82, 2.24) is 0 Å². The Kier molecular flexibility index (Phi) is 1.50. The lowest BCUT2D eigenvalue weighted by atomic mass is 10.0. The largest absolute Gasteiger partial charge is 0.362 e. The maximum absolute atomic E-state index is 9.79. The van der Waals surface area contributed by atoms with Crippen molar-refractivity contribution in [3.63, 3.8) is 0 Å². The Labute approximate surface area is 71.8 Å². The number of hydrogen-bond donors (Lipinski definition) is 1. The summed E-state index contributed by atoms with van der Waals surface area (Å²) in [6, 6.07) is 7.76. The van der Waals surface area contributed by atoms with E-state index in [-0.39, 0.29) is 6.10 Å². The highest BCUT2D eigenvalue weighted by atomic mass is 16.6. The fourth-order valence-corrected chi connectivity index (χ4v) is 1.75. The van der Waals surface area contributed by atoms with Crippen molar-refractivity contribution in [2.24, 2.45) is 0 Å². The molecule has 0 aliphatic carbocycles. The number of ether oxygens (including phenoxy) is 1. The highest BCUT2D eigenvalue weighted by Crippen LogP contribution is 2.40. The summed E-state index contributed by atoms with van der Waals surface area (Å²) in [4.78, 5) is 0. The average molecular weight is 164 g/mol. The SMILES string of the molecule is C[C@H]1O[C@@](C)(O)c2ccccc21. The standard InChI is InChI=1S/C10H12O2/c1-7-8-5-3-4-6-9(8)10(2,11)12-7/h3-7,11H,1-2H3/t7-,10-/m1/s1. The second-order valence-corrected chi connectivity index (χ2v) is 3.33. The van der Waals surface area contributed by atoms with Crippen LogP contribution in [0.25, 0.3) is 0 Å². The number of fused-ring (bicyclic) bond motifs is 1. The topological polar surface area (TPSA) is 29.5 Å². The molecule has 0 saturated carbocycles. The molecule has 1 N–H and O–H groups in total. The molecule has 2 atom stereocenters. The fourth-order valence-electron chi connectivity index (χ4n) is 1.75. The number of hydrogen-bond acceptors (Lipinski definition) is 2. The Hall–Kier alpha value is -0.860. The van der Waals surface area contributed by atoms with E-state index in [2.05, 4.69) is 0 Å². The zero-order valence-corrected chi connectivity index (χ0v) is 7.24. The van der Waals surface area contributed by atoms with Gasteiger partial charge in [0.15, 0.2) is 5.79 Å². The van der Waals surface area contributed by atoms with Gasteiger partial charge >= 0.3 is 0 Å². The summed E-state index contributed by atoms with van der Waals surface area (Å²) in [5.41, 5.74) is 1.97. The lowest BCUT2D eigenvalue weighted by Crippen LogP contribution is -2.19. The Morgan fingerprint density at radius 2 is 2.08 bits per heavy atom. The summed E-state index contributed by atoms with van der Waals surface area (Å²) in [6.07, 6.45) is -0.00352. The van der Waals surface area contributed by atoms with Gasteiger partial charge in [-0.2, -0.15) is 0 Å².